The molecule has 6 heteroatoms. The number of aromatic nitrogens is 2. The third kappa shape index (κ3) is 5.02. The first-order valence-corrected chi connectivity index (χ1v) is 8.32. The van der Waals surface area contributed by atoms with Crippen LogP contribution in [-0.4, -0.2) is 32.2 Å². The molecule has 0 radical (unpaired) electrons. The maximum absolute atomic E-state index is 11.2. The van der Waals surface area contributed by atoms with Crippen LogP contribution in [0.25, 0.3) is 0 Å². The molecule has 2 atom stereocenters. The van der Waals surface area contributed by atoms with Crippen LogP contribution in [-0.2, 0) is 16.2 Å². The first-order valence-electron chi connectivity index (χ1n) is 5.80. The minimum Gasteiger partial charge on any atom is -0.367 e. The number of hydrogen-bond acceptors (Lipinski definition) is 4. The fourth-order valence-corrected chi connectivity index (χ4v) is 2.65. The van der Waals surface area contributed by atoms with Crippen LogP contribution in [0.1, 0.15) is 33.5 Å². The third-order valence-corrected chi connectivity index (χ3v) is 3.62. The molecule has 18 heavy (non-hydrogen) atoms. The summed E-state index contributed by atoms with van der Waals surface area (Å²) in [4.78, 5) is 8.88. The first-order chi connectivity index (χ1) is 8.18. The Morgan fingerprint density at radius 1 is 1.44 bits per heavy atom. The van der Waals surface area contributed by atoms with Crippen molar-refractivity contribution < 1.29 is 4.21 Å². The lowest BCUT2D eigenvalue weighted by Crippen LogP contribution is -2.24. The molecule has 0 aromatic carbocycles. The van der Waals surface area contributed by atoms with Crippen molar-refractivity contribution >= 4 is 32.5 Å². The SMILES string of the molecule is CC(CS(C)=O)Nc1cc(Br)nc(C(C)(C)C)n1. The standard InChI is InChI=1S/C12H20BrN3OS/c1-8(7-18(5)17)14-10-6-9(13)15-11(16-10)12(2,3)4/h6,8H,7H2,1-5H3,(H,14,15,16). The van der Waals surface area contributed by atoms with Crippen LogP contribution in [0.2, 0.25) is 0 Å². The maximum atomic E-state index is 11.2. The summed E-state index contributed by atoms with van der Waals surface area (Å²) in [6, 6.07) is 1.95. The number of halogens is 1. The molecule has 1 aromatic rings. The van der Waals surface area contributed by atoms with Gasteiger partial charge in [0.05, 0.1) is 0 Å². The summed E-state index contributed by atoms with van der Waals surface area (Å²) >= 11 is 3.40. The smallest absolute Gasteiger partial charge is 0.137 e. The Labute approximate surface area is 120 Å². The van der Waals surface area contributed by atoms with E-state index in [2.05, 4.69) is 52.0 Å². The van der Waals surface area contributed by atoms with Crippen molar-refractivity contribution in [2.75, 3.05) is 17.3 Å². The number of rotatable bonds is 4. The van der Waals surface area contributed by atoms with E-state index >= 15 is 0 Å². The molecule has 1 N–H and O–H groups in total. The van der Waals surface area contributed by atoms with Crippen molar-refractivity contribution in [1.29, 1.82) is 0 Å². The van der Waals surface area contributed by atoms with Gasteiger partial charge in [0.1, 0.15) is 16.2 Å². The second-order valence-electron chi connectivity index (χ2n) is 5.43. The molecule has 2 unspecified atom stereocenters. The summed E-state index contributed by atoms with van der Waals surface area (Å²) in [6.45, 7) is 8.21. The highest BCUT2D eigenvalue weighted by atomic mass is 79.9. The zero-order chi connectivity index (χ0) is 13.9. The number of nitrogens with zero attached hydrogens (tertiary/aromatic N) is 2. The maximum Gasteiger partial charge on any atom is 0.137 e. The second kappa shape index (κ2) is 6.10. The lowest BCUT2D eigenvalue weighted by molar-refractivity contribution is 0.544. The van der Waals surface area contributed by atoms with Gasteiger partial charge in [-0.25, -0.2) is 9.97 Å². The zero-order valence-corrected chi connectivity index (χ0v) is 13.9. The highest BCUT2D eigenvalue weighted by Gasteiger charge is 2.19. The van der Waals surface area contributed by atoms with E-state index in [4.69, 9.17) is 0 Å². The van der Waals surface area contributed by atoms with Crippen LogP contribution in [0.3, 0.4) is 0 Å². The molecule has 4 nitrogen and oxygen atoms in total. The molecule has 0 fully saturated rings. The molecule has 0 aliphatic carbocycles. The van der Waals surface area contributed by atoms with Crippen molar-refractivity contribution in [3.8, 4) is 0 Å². The summed E-state index contributed by atoms with van der Waals surface area (Å²) in [5, 5.41) is 3.25. The van der Waals surface area contributed by atoms with Gasteiger partial charge >= 0.3 is 0 Å². The van der Waals surface area contributed by atoms with E-state index in [9.17, 15) is 4.21 Å². The van der Waals surface area contributed by atoms with Gasteiger partial charge in [0, 0.05) is 40.3 Å². The Morgan fingerprint density at radius 3 is 2.56 bits per heavy atom. The molecule has 0 aliphatic heterocycles. The van der Waals surface area contributed by atoms with E-state index < -0.39 is 10.8 Å². The van der Waals surface area contributed by atoms with Gasteiger partial charge in [-0.05, 0) is 22.9 Å². The van der Waals surface area contributed by atoms with Crippen molar-refractivity contribution in [3.05, 3.63) is 16.5 Å². The van der Waals surface area contributed by atoms with Gasteiger partial charge in [0.25, 0.3) is 0 Å². The fraction of sp³-hybridized carbons (Fsp3) is 0.667. The predicted molar refractivity (Wildman–Crippen MR) is 80.5 cm³/mol. The van der Waals surface area contributed by atoms with Gasteiger partial charge in [-0.2, -0.15) is 0 Å². The van der Waals surface area contributed by atoms with E-state index in [1.165, 1.54) is 0 Å². The Kier molecular flexibility index (Phi) is 5.28. The molecule has 1 heterocycles. The van der Waals surface area contributed by atoms with Crippen LogP contribution >= 0.6 is 15.9 Å². The average Bonchev–Trinajstić information content (AvgIpc) is 2.13. The van der Waals surface area contributed by atoms with E-state index in [1.54, 1.807) is 6.26 Å². The fourth-order valence-electron chi connectivity index (χ4n) is 1.47. The van der Waals surface area contributed by atoms with Gasteiger partial charge in [-0.3, -0.25) is 4.21 Å². The molecular weight excluding hydrogens is 314 g/mol. The van der Waals surface area contributed by atoms with Crippen molar-refractivity contribution in [2.45, 2.75) is 39.2 Å². The number of hydrogen-bond donors (Lipinski definition) is 1. The first kappa shape index (κ1) is 15.6. The molecule has 1 rings (SSSR count). The monoisotopic (exact) mass is 333 g/mol. The van der Waals surface area contributed by atoms with E-state index in [0.717, 1.165) is 16.2 Å². The molecular formula is C12H20BrN3OS. The second-order valence-corrected chi connectivity index (χ2v) is 7.73. The summed E-state index contributed by atoms with van der Waals surface area (Å²) in [7, 11) is -0.815. The average molecular weight is 334 g/mol. The van der Waals surface area contributed by atoms with Gasteiger partial charge in [-0.15, -0.1) is 0 Å². The Morgan fingerprint density at radius 2 is 2.06 bits per heavy atom. The largest absolute Gasteiger partial charge is 0.367 e. The Bertz CT molecular complexity index is 445. The Hall–Kier alpha value is -0.490. The van der Waals surface area contributed by atoms with Crippen molar-refractivity contribution in [2.24, 2.45) is 0 Å². The van der Waals surface area contributed by atoms with Crippen LogP contribution in [0.15, 0.2) is 10.7 Å². The lowest BCUT2D eigenvalue weighted by atomic mass is 9.96. The highest BCUT2D eigenvalue weighted by molar-refractivity contribution is 9.10. The molecule has 0 saturated heterocycles. The van der Waals surface area contributed by atoms with Gasteiger partial charge in [0.2, 0.25) is 0 Å². The Balaban J connectivity index is 2.90. The molecule has 102 valence electrons. The zero-order valence-electron chi connectivity index (χ0n) is 11.5. The molecule has 0 spiro atoms. The molecule has 0 bridgehead atoms. The number of anilines is 1. The molecule has 1 aromatic heterocycles. The summed E-state index contributed by atoms with van der Waals surface area (Å²) in [5.74, 6) is 2.15. The van der Waals surface area contributed by atoms with Crippen molar-refractivity contribution in [3.63, 3.8) is 0 Å². The molecule has 0 saturated carbocycles. The number of nitrogens with one attached hydrogen (secondary N) is 1. The van der Waals surface area contributed by atoms with Crippen molar-refractivity contribution in [1.82, 2.24) is 9.97 Å². The predicted octanol–water partition coefficient (Wildman–Crippen LogP) is 2.72. The normalized spacial score (nSPS) is 15.2. The quantitative estimate of drug-likeness (QED) is 0.860. The summed E-state index contributed by atoms with van der Waals surface area (Å²) in [5.41, 5.74) is -0.100. The van der Waals surface area contributed by atoms with E-state index in [1.807, 2.05) is 13.0 Å². The third-order valence-electron chi connectivity index (χ3n) is 2.24. The van der Waals surface area contributed by atoms with Gasteiger partial charge in [-0.1, -0.05) is 20.8 Å². The minimum absolute atomic E-state index is 0.100. The van der Waals surface area contributed by atoms with E-state index in [0.29, 0.717) is 5.75 Å². The van der Waals surface area contributed by atoms with Gasteiger partial charge in [0.15, 0.2) is 0 Å². The highest BCUT2D eigenvalue weighted by Crippen LogP contribution is 2.22. The molecule has 0 aliphatic rings. The van der Waals surface area contributed by atoms with E-state index in [-0.39, 0.29) is 11.5 Å². The minimum atomic E-state index is -0.815. The van der Waals surface area contributed by atoms with Crippen LogP contribution in [0.4, 0.5) is 5.82 Å². The topological polar surface area (TPSA) is 54.9 Å². The van der Waals surface area contributed by atoms with Crippen LogP contribution in [0, 0.1) is 0 Å². The lowest BCUT2D eigenvalue weighted by Gasteiger charge is -2.19. The van der Waals surface area contributed by atoms with Crippen LogP contribution in [0.5, 0.6) is 0 Å². The summed E-state index contributed by atoms with van der Waals surface area (Å²) < 4.78 is 11.9. The molecule has 0 amide bonds. The van der Waals surface area contributed by atoms with Crippen LogP contribution < -0.4 is 5.32 Å². The van der Waals surface area contributed by atoms with Gasteiger partial charge < -0.3 is 5.32 Å². The summed E-state index contributed by atoms with van der Waals surface area (Å²) in [6.07, 6.45) is 1.70.